The van der Waals surface area contributed by atoms with Crippen LogP contribution < -0.4 is 10.1 Å². The van der Waals surface area contributed by atoms with E-state index in [1.807, 2.05) is 0 Å². The fourth-order valence-corrected chi connectivity index (χ4v) is 1.97. The van der Waals surface area contributed by atoms with Crippen molar-refractivity contribution in [1.29, 1.82) is 0 Å². The van der Waals surface area contributed by atoms with E-state index < -0.39 is 22.8 Å². The highest BCUT2D eigenvalue weighted by Crippen LogP contribution is 2.24. The second-order valence-electron chi connectivity index (χ2n) is 4.97. The Balaban J connectivity index is 2.03. The predicted octanol–water partition coefficient (Wildman–Crippen LogP) is 3.45. The molecule has 1 amide bonds. The van der Waals surface area contributed by atoms with Crippen LogP contribution in [-0.2, 0) is 4.79 Å². The molecule has 2 aromatic rings. The van der Waals surface area contributed by atoms with Gasteiger partial charge >= 0.3 is 0 Å². The fourth-order valence-electron chi connectivity index (χ4n) is 1.97. The van der Waals surface area contributed by atoms with E-state index in [1.165, 1.54) is 43.3 Å². The highest BCUT2D eigenvalue weighted by atomic mass is 19.1. The Kier molecular flexibility index (Phi) is 4.90. The van der Waals surface area contributed by atoms with Crippen molar-refractivity contribution in [2.75, 3.05) is 5.32 Å². The molecule has 120 valence electrons. The lowest BCUT2D eigenvalue weighted by Gasteiger charge is -2.15. The Morgan fingerprint density at radius 1 is 1.30 bits per heavy atom. The van der Waals surface area contributed by atoms with E-state index in [4.69, 9.17) is 4.74 Å². The van der Waals surface area contributed by atoms with Crippen LogP contribution in [0.2, 0.25) is 0 Å². The van der Waals surface area contributed by atoms with Gasteiger partial charge in [0.05, 0.1) is 4.92 Å². The molecule has 2 aromatic carbocycles. The van der Waals surface area contributed by atoms with Gasteiger partial charge in [-0.2, -0.15) is 0 Å². The van der Waals surface area contributed by atoms with Crippen LogP contribution in [0, 0.1) is 22.9 Å². The van der Waals surface area contributed by atoms with Gasteiger partial charge in [0.2, 0.25) is 0 Å². The molecule has 7 heteroatoms. The number of rotatable bonds is 5. The summed E-state index contributed by atoms with van der Waals surface area (Å²) in [6, 6.07) is 9.75. The Hall–Kier alpha value is -2.96. The second-order valence-corrected chi connectivity index (χ2v) is 4.97. The number of amides is 1. The van der Waals surface area contributed by atoms with Crippen LogP contribution in [0.5, 0.6) is 5.75 Å². The third-order valence-corrected chi connectivity index (χ3v) is 3.14. The Labute approximate surface area is 132 Å². The standard InChI is InChI=1S/C16H15FN2O4/c1-10-8-14(6-7-15(10)19(21)22)23-11(2)16(20)18-13-5-3-4-12(17)9-13/h3-9,11H,1-2H3,(H,18,20)/t11-/m0/s1. The molecule has 23 heavy (non-hydrogen) atoms. The zero-order valence-electron chi connectivity index (χ0n) is 12.6. The van der Waals surface area contributed by atoms with Crippen molar-refractivity contribution in [3.05, 3.63) is 64.0 Å². The smallest absolute Gasteiger partial charge is 0.272 e. The largest absolute Gasteiger partial charge is 0.481 e. The van der Waals surface area contributed by atoms with Gasteiger partial charge in [-0.1, -0.05) is 6.07 Å². The summed E-state index contributed by atoms with van der Waals surface area (Å²) in [5.41, 5.74) is 0.741. The van der Waals surface area contributed by atoms with Gasteiger partial charge in [0, 0.05) is 17.3 Å². The van der Waals surface area contributed by atoms with E-state index in [9.17, 15) is 19.3 Å². The summed E-state index contributed by atoms with van der Waals surface area (Å²) in [4.78, 5) is 22.3. The van der Waals surface area contributed by atoms with Gasteiger partial charge in [0.1, 0.15) is 11.6 Å². The van der Waals surface area contributed by atoms with Gasteiger partial charge in [0.15, 0.2) is 6.10 Å². The van der Waals surface area contributed by atoms with Crippen LogP contribution in [0.4, 0.5) is 15.8 Å². The number of ether oxygens (including phenoxy) is 1. The van der Waals surface area contributed by atoms with E-state index in [1.54, 1.807) is 13.0 Å². The SMILES string of the molecule is Cc1cc(O[C@@H](C)C(=O)Nc2cccc(F)c2)ccc1[N+](=O)[O-]. The van der Waals surface area contributed by atoms with Crippen molar-refractivity contribution in [3.8, 4) is 5.75 Å². The summed E-state index contributed by atoms with van der Waals surface area (Å²) in [7, 11) is 0. The van der Waals surface area contributed by atoms with Crippen molar-refractivity contribution < 1.29 is 18.8 Å². The van der Waals surface area contributed by atoms with Crippen LogP contribution in [-0.4, -0.2) is 16.9 Å². The van der Waals surface area contributed by atoms with Gasteiger partial charge in [-0.25, -0.2) is 4.39 Å². The molecule has 0 fully saturated rings. The number of hydrogen-bond acceptors (Lipinski definition) is 4. The number of carbonyl (C=O) groups excluding carboxylic acids is 1. The number of hydrogen-bond donors (Lipinski definition) is 1. The van der Waals surface area contributed by atoms with Gasteiger partial charge in [0.25, 0.3) is 11.6 Å². The molecular weight excluding hydrogens is 303 g/mol. The lowest BCUT2D eigenvalue weighted by molar-refractivity contribution is -0.385. The van der Waals surface area contributed by atoms with Crippen molar-refractivity contribution in [2.45, 2.75) is 20.0 Å². The molecule has 1 N–H and O–H groups in total. The minimum atomic E-state index is -0.848. The third-order valence-electron chi connectivity index (χ3n) is 3.14. The fraction of sp³-hybridized carbons (Fsp3) is 0.188. The summed E-state index contributed by atoms with van der Waals surface area (Å²) < 4.78 is 18.5. The predicted molar refractivity (Wildman–Crippen MR) is 83.0 cm³/mol. The lowest BCUT2D eigenvalue weighted by atomic mass is 10.2. The number of benzene rings is 2. The quantitative estimate of drug-likeness (QED) is 0.676. The average molecular weight is 318 g/mol. The summed E-state index contributed by atoms with van der Waals surface area (Å²) in [6.07, 6.45) is -0.848. The summed E-state index contributed by atoms with van der Waals surface area (Å²) in [5, 5.41) is 13.3. The second kappa shape index (κ2) is 6.87. The number of aryl methyl sites for hydroxylation is 1. The Morgan fingerprint density at radius 3 is 2.65 bits per heavy atom. The van der Waals surface area contributed by atoms with E-state index in [0.717, 1.165) is 0 Å². The molecule has 2 rings (SSSR count). The normalized spacial score (nSPS) is 11.6. The molecule has 0 aliphatic rings. The zero-order chi connectivity index (χ0) is 17.0. The monoisotopic (exact) mass is 318 g/mol. The summed E-state index contributed by atoms with van der Waals surface area (Å²) in [5.74, 6) is -0.566. The van der Waals surface area contributed by atoms with E-state index >= 15 is 0 Å². The van der Waals surface area contributed by atoms with Crippen molar-refractivity contribution in [2.24, 2.45) is 0 Å². The van der Waals surface area contributed by atoms with Crippen LogP contribution in [0.1, 0.15) is 12.5 Å². The maximum Gasteiger partial charge on any atom is 0.272 e. The molecule has 0 saturated heterocycles. The first kappa shape index (κ1) is 16.4. The number of halogens is 1. The van der Waals surface area contributed by atoms with Crippen molar-refractivity contribution in [3.63, 3.8) is 0 Å². The van der Waals surface area contributed by atoms with Crippen LogP contribution in [0.15, 0.2) is 42.5 Å². The molecule has 0 aliphatic carbocycles. The summed E-state index contributed by atoms with van der Waals surface area (Å²) in [6.45, 7) is 3.12. The Morgan fingerprint density at radius 2 is 2.04 bits per heavy atom. The van der Waals surface area contributed by atoms with E-state index in [-0.39, 0.29) is 5.69 Å². The van der Waals surface area contributed by atoms with E-state index in [0.29, 0.717) is 17.0 Å². The first-order chi connectivity index (χ1) is 10.9. The molecular formula is C16H15FN2O4. The topological polar surface area (TPSA) is 81.5 Å². The molecule has 0 unspecified atom stereocenters. The third kappa shape index (κ3) is 4.26. The molecule has 0 bridgehead atoms. The highest BCUT2D eigenvalue weighted by Gasteiger charge is 2.17. The number of nitrogens with one attached hydrogen (secondary N) is 1. The van der Waals surface area contributed by atoms with Gasteiger partial charge < -0.3 is 10.1 Å². The van der Waals surface area contributed by atoms with Gasteiger partial charge in [-0.05, 0) is 44.2 Å². The Bertz CT molecular complexity index is 749. The number of carbonyl (C=O) groups is 1. The molecule has 0 saturated carbocycles. The minimum absolute atomic E-state index is 0.0192. The summed E-state index contributed by atoms with van der Waals surface area (Å²) >= 11 is 0. The molecule has 6 nitrogen and oxygen atoms in total. The first-order valence-electron chi connectivity index (χ1n) is 6.85. The number of nitro benzene ring substituents is 1. The number of anilines is 1. The molecule has 0 spiro atoms. The maximum absolute atomic E-state index is 13.1. The van der Waals surface area contributed by atoms with E-state index in [2.05, 4.69) is 5.32 Å². The molecule has 0 aliphatic heterocycles. The van der Waals surface area contributed by atoms with Crippen molar-refractivity contribution in [1.82, 2.24) is 0 Å². The first-order valence-corrected chi connectivity index (χ1v) is 6.85. The molecule has 0 aromatic heterocycles. The maximum atomic E-state index is 13.1. The van der Waals surface area contributed by atoms with Gasteiger partial charge in [-0.3, -0.25) is 14.9 Å². The zero-order valence-corrected chi connectivity index (χ0v) is 12.6. The number of nitro groups is 1. The molecule has 0 heterocycles. The minimum Gasteiger partial charge on any atom is -0.481 e. The average Bonchev–Trinajstić information content (AvgIpc) is 2.46. The highest BCUT2D eigenvalue weighted by molar-refractivity contribution is 5.94. The lowest BCUT2D eigenvalue weighted by Crippen LogP contribution is -2.30. The molecule has 0 radical (unpaired) electrons. The van der Waals surface area contributed by atoms with Crippen molar-refractivity contribution >= 4 is 17.3 Å². The number of nitrogens with zero attached hydrogens (tertiary/aromatic N) is 1. The van der Waals surface area contributed by atoms with Crippen LogP contribution >= 0.6 is 0 Å². The van der Waals surface area contributed by atoms with Crippen LogP contribution in [0.25, 0.3) is 0 Å². The van der Waals surface area contributed by atoms with Gasteiger partial charge in [-0.15, -0.1) is 0 Å². The molecule has 1 atom stereocenters. The van der Waals surface area contributed by atoms with Crippen LogP contribution in [0.3, 0.4) is 0 Å².